The molecule has 1 N–H and O–H groups in total. The number of hydrogen-bond donors (Lipinski definition) is 1. The van der Waals surface area contributed by atoms with Gasteiger partial charge in [0.05, 0.1) is 0 Å². The summed E-state index contributed by atoms with van der Waals surface area (Å²) < 4.78 is 0. The molecule has 1 nitrogen and oxygen atoms in total. The smallest absolute Gasteiger partial charge is 0.0492 e. The van der Waals surface area contributed by atoms with Gasteiger partial charge in [-0.05, 0) is 38.1 Å². The van der Waals surface area contributed by atoms with E-state index in [-0.39, 0.29) is 0 Å². The molecule has 0 bridgehead atoms. The van der Waals surface area contributed by atoms with E-state index in [1.54, 1.807) is 0 Å². The van der Waals surface area contributed by atoms with Crippen LogP contribution in [0.15, 0.2) is 36.4 Å². The second kappa shape index (κ2) is 6.37. The molecule has 0 amide bonds. The number of halogens is 1. The van der Waals surface area contributed by atoms with Crippen molar-refractivity contribution in [1.29, 1.82) is 0 Å². The maximum atomic E-state index is 6.22. The van der Waals surface area contributed by atoms with Crippen molar-refractivity contribution < 1.29 is 0 Å². The van der Waals surface area contributed by atoms with Gasteiger partial charge in [-0.25, -0.2) is 0 Å². The second-order valence-corrected chi connectivity index (χ2v) is 5.88. The zero-order chi connectivity index (χ0) is 13.0. The Morgan fingerprint density at radius 1 is 1.22 bits per heavy atom. The normalized spacial score (nSPS) is 12.6. The van der Waals surface area contributed by atoms with Gasteiger partial charge in [-0.15, -0.1) is 11.3 Å². The molecule has 3 heteroatoms. The van der Waals surface area contributed by atoms with Crippen molar-refractivity contribution in [2.75, 3.05) is 6.54 Å². The van der Waals surface area contributed by atoms with Crippen LogP contribution >= 0.6 is 22.9 Å². The predicted molar refractivity (Wildman–Crippen MR) is 81.5 cm³/mol. The highest BCUT2D eigenvalue weighted by Crippen LogP contribution is 2.35. The van der Waals surface area contributed by atoms with Crippen molar-refractivity contribution in [3.8, 4) is 10.4 Å². The molecule has 0 saturated carbocycles. The SMILES string of the molecule is CCCNC(C)c1ccc(-c2ccccc2Cl)s1. The molecule has 2 rings (SSSR count). The number of thiophene rings is 1. The van der Waals surface area contributed by atoms with Crippen LogP contribution in [0.1, 0.15) is 31.2 Å². The van der Waals surface area contributed by atoms with E-state index in [0.717, 1.165) is 23.6 Å². The second-order valence-electron chi connectivity index (χ2n) is 4.36. The lowest BCUT2D eigenvalue weighted by Gasteiger charge is -2.10. The van der Waals surface area contributed by atoms with Gasteiger partial charge in [0.15, 0.2) is 0 Å². The minimum Gasteiger partial charge on any atom is -0.309 e. The van der Waals surface area contributed by atoms with Crippen LogP contribution in [0, 0.1) is 0 Å². The highest BCUT2D eigenvalue weighted by Gasteiger charge is 2.10. The van der Waals surface area contributed by atoms with Crippen LogP contribution in [0.25, 0.3) is 10.4 Å². The van der Waals surface area contributed by atoms with Gasteiger partial charge in [0.1, 0.15) is 0 Å². The maximum absolute atomic E-state index is 6.22. The highest BCUT2D eigenvalue weighted by atomic mass is 35.5. The Morgan fingerprint density at radius 2 is 2.00 bits per heavy atom. The van der Waals surface area contributed by atoms with E-state index in [2.05, 4.69) is 37.4 Å². The van der Waals surface area contributed by atoms with E-state index >= 15 is 0 Å². The molecule has 0 spiro atoms. The topological polar surface area (TPSA) is 12.0 Å². The third-order valence-electron chi connectivity index (χ3n) is 2.89. The fraction of sp³-hybridized carbons (Fsp3) is 0.333. The van der Waals surface area contributed by atoms with Crippen molar-refractivity contribution in [2.45, 2.75) is 26.3 Å². The summed E-state index contributed by atoms with van der Waals surface area (Å²) in [5, 5.41) is 4.32. The lowest BCUT2D eigenvalue weighted by Crippen LogP contribution is -2.18. The summed E-state index contributed by atoms with van der Waals surface area (Å²) in [6, 6.07) is 12.8. The Hall–Kier alpha value is -0.830. The standard InChI is InChI=1S/C15H18ClNS/c1-3-10-17-11(2)14-8-9-15(18-14)12-6-4-5-7-13(12)16/h4-9,11,17H,3,10H2,1-2H3. The van der Waals surface area contributed by atoms with E-state index in [9.17, 15) is 0 Å². The summed E-state index contributed by atoms with van der Waals surface area (Å²) in [6.45, 7) is 5.45. The molecule has 0 aliphatic carbocycles. The summed E-state index contributed by atoms with van der Waals surface area (Å²) >= 11 is 8.03. The molecular formula is C15H18ClNS. The van der Waals surface area contributed by atoms with Gasteiger partial charge in [-0.2, -0.15) is 0 Å². The maximum Gasteiger partial charge on any atom is 0.0492 e. The van der Waals surface area contributed by atoms with E-state index in [0.29, 0.717) is 6.04 Å². The molecule has 1 unspecified atom stereocenters. The average molecular weight is 280 g/mol. The first kappa shape index (κ1) is 13.6. The van der Waals surface area contributed by atoms with Gasteiger partial charge in [0.25, 0.3) is 0 Å². The lowest BCUT2D eigenvalue weighted by molar-refractivity contribution is 0.578. The Kier molecular flexibility index (Phi) is 4.81. The first-order valence-electron chi connectivity index (χ1n) is 6.30. The molecule has 0 radical (unpaired) electrons. The first-order valence-corrected chi connectivity index (χ1v) is 7.50. The van der Waals surface area contributed by atoms with Gasteiger partial charge in [0.2, 0.25) is 0 Å². The van der Waals surface area contributed by atoms with Crippen LogP contribution in [0.3, 0.4) is 0 Å². The number of rotatable bonds is 5. The largest absolute Gasteiger partial charge is 0.309 e. The summed E-state index contributed by atoms with van der Waals surface area (Å²) in [6.07, 6.45) is 1.16. The average Bonchev–Trinajstić information content (AvgIpc) is 2.86. The van der Waals surface area contributed by atoms with E-state index in [1.807, 2.05) is 29.5 Å². The monoisotopic (exact) mass is 279 g/mol. The summed E-state index contributed by atoms with van der Waals surface area (Å²) in [4.78, 5) is 2.60. The minimum absolute atomic E-state index is 0.409. The fourth-order valence-corrected chi connectivity index (χ4v) is 3.22. The molecule has 0 saturated heterocycles. The predicted octanol–water partition coefficient (Wildman–Crippen LogP) is 5.13. The van der Waals surface area contributed by atoms with Crippen LogP contribution in [0.2, 0.25) is 5.02 Å². The lowest BCUT2D eigenvalue weighted by atomic mass is 10.2. The Balaban J connectivity index is 2.18. The molecular weight excluding hydrogens is 262 g/mol. The van der Waals surface area contributed by atoms with Crippen LogP contribution < -0.4 is 5.32 Å². The van der Waals surface area contributed by atoms with E-state index in [4.69, 9.17) is 11.6 Å². The number of benzene rings is 1. The Labute approximate surface area is 118 Å². The molecule has 2 aromatic rings. The molecule has 0 fully saturated rings. The Bertz CT molecular complexity index is 507. The van der Waals surface area contributed by atoms with Gasteiger partial charge >= 0.3 is 0 Å². The van der Waals surface area contributed by atoms with Crippen molar-refractivity contribution in [1.82, 2.24) is 5.32 Å². The molecule has 96 valence electrons. The molecule has 1 atom stereocenters. The summed E-state index contributed by atoms with van der Waals surface area (Å²) in [5.74, 6) is 0. The molecule has 0 aliphatic rings. The number of nitrogens with one attached hydrogen (secondary N) is 1. The zero-order valence-corrected chi connectivity index (χ0v) is 12.3. The third-order valence-corrected chi connectivity index (χ3v) is 4.52. The van der Waals surface area contributed by atoms with Gasteiger partial charge < -0.3 is 5.32 Å². The van der Waals surface area contributed by atoms with Crippen molar-refractivity contribution >= 4 is 22.9 Å². The van der Waals surface area contributed by atoms with Crippen molar-refractivity contribution in [3.05, 3.63) is 46.3 Å². The molecule has 1 heterocycles. The van der Waals surface area contributed by atoms with Crippen LogP contribution in [0.4, 0.5) is 0 Å². The van der Waals surface area contributed by atoms with Gasteiger partial charge in [-0.1, -0.05) is 36.7 Å². The van der Waals surface area contributed by atoms with Gasteiger partial charge in [0, 0.05) is 26.4 Å². The molecule has 18 heavy (non-hydrogen) atoms. The first-order chi connectivity index (χ1) is 8.72. The van der Waals surface area contributed by atoms with Crippen LogP contribution in [-0.2, 0) is 0 Å². The highest BCUT2D eigenvalue weighted by molar-refractivity contribution is 7.15. The third kappa shape index (κ3) is 3.14. The summed E-state index contributed by atoms with van der Waals surface area (Å²) in [7, 11) is 0. The molecule has 1 aromatic carbocycles. The van der Waals surface area contributed by atoms with Crippen molar-refractivity contribution in [3.63, 3.8) is 0 Å². The molecule has 0 aliphatic heterocycles. The van der Waals surface area contributed by atoms with Crippen molar-refractivity contribution in [2.24, 2.45) is 0 Å². The van der Waals surface area contributed by atoms with Gasteiger partial charge in [-0.3, -0.25) is 0 Å². The Morgan fingerprint density at radius 3 is 2.72 bits per heavy atom. The van der Waals surface area contributed by atoms with E-state index < -0.39 is 0 Å². The summed E-state index contributed by atoms with van der Waals surface area (Å²) in [5.41, 5.74) is 1.12. The molecule has 1 aromatic heterocycles. The number of hydrogen-bond acceptors (Lipinski definition) is 2. The fourth-order valence-electron chi connectivity index (χ4n) is 1.85. The zero-order valence-electron chi connectivity index (χ0n) is 10.7. The van der Waals surface area contributed by atoms with Crippen LogP contribution in [-0.4, -0.2) is 6.54 Å². The minimum atomic E-state index is 0.409. The van der Waals surface area contributed by atoms with E-state index in [1.165, 1.54) is 9.75 Å². The van der Waals surface area contributed by atoms with Crippen LogP contribution in [0.5, 0.6) is 0 Å². The quantitative estimate of drug-likeness (QED) is 0.800.